The zero-order chi connectivity index (χ0) is 14.4. The van der Waals surface area contributed by atoms with E-state index in [2.05, 4.69) is 62.1 Å². The second-order valence-electron chi connectivity index (χ2n) is 6.16. The third-order valence-electron chi connectivity index (χ3n) is 4.22. The van der Waals surface area contributed by atoms with Crippen molar-refractivity contribution in [1.82, 2.24) is 5.32 Å². The first-order chi connectivity index (χ1) is 9.74. The Balaban J connectivity index is 1.97. The molecule has 0 spiro atoms. The quantitative estimate of drug-likeness (QED) is 0.731. The fourth-order valence-corrected chi connectivity index (χ4v) is 4.59. The lowest BCUT2D eigenvalue weighted by molar-refractivity contribution is 0.375. The molecule has 1 aromatic rings. The number of hydrogen-bond donors (Lipinski definition) is 1. The van der Waals surface area contributed by atoms with Crippen LogP contribution in [0, 0.1) is 5.92 Å². The third kappa shape index (κ3) is 4.26. The van der Waals surface area contributed by atoms with E-state index in [4.69, 9.17) is 0 Å². The van der Waals surface area contributed by atoms with Gasteiger partial charge in [0.05, 0.1) is 0 Å². The van der Waals surface area contributed by atoms with E-state index in [0.29, 0.717) is 6.04 Å². The molecule has 0 fully saturated rings. The molecule has 2 heteroatoms. The van der Waals surface area contributed by atoms with Gasteiger partial charge in [0.15, 0.2) is 0 Å². The highest BCUT2D eigenvalue weighted by Gasteiger charge is 2.29. The Hall–Kier alpha value is -0.470. The second kappa shape index (κ2) is 8.09. The molecule has 0 aromatic heterocycles. The van der Waals surface area contributed by atoms with Gasteiger partial charge in [-0.15, -0.1) is 11.8 Å². The lowest BCUT2D eigenvalue weighted by atomic mass is 9.93. The molecule has 112 valence electrons. The summed E-state index contributed by atoms with van der Waals surface area (Å²) >= 11 is 2.09. The molecule has 0 saturated carbocycles. The molecule has 1 aliphatic rings. The SMILES string of the molecule is CCCNC(CC(C)CCC)C1Cc2ccccc2S1. The topological polar surface area (TPSA) is 12.0 Å². The van der Waals surface area contributed by atoms with E-state index in [1.165, 1.54) is 37.0 Å². The summed E-state index contributed by atoms with van der Waals surface area (Å²) in [6.45, 7) is 8.12. The number of fused-ring (bicyclic) bond motifs is 1. The maximum Gasteiger partial charge on any atom is 0.0289 e. The first kappa shape index (κ1) is 15.9. The van der Waals surface area contributed by atoms with Crippen LogP contribution >= 0.6 is 11.8 Å². The molecular formula is C18H29NS. The maximum absolute atomic E-state index is 3.81. The van der Waals surface area contributed by atoms with Crippen molar-refractivity contribution in [3.05, 3.63) is 29.8 Å². The summed E-state index contributed by atoms with van der Waals surface area (Å²) in [5.41, 5.74) is 1.55. The van der Waals surface area contributed by atoms with Gasteiger partial charge in [-0.2, -0.15) is 0 Å². The minimum atomic E-state index is 0.661. The van der Waals surface area contributed by atoms with Crippen molar-refractivity contribution in [2.75, 3.05) is 6.54 Å². The van der Waals surface area contributed by atoms with Gasteiger partial charge in [-0.05, 0) is 43.4 Å². The summed E-state index contributed by atoms with van der Waals surface area (Å²) in [7, 11) is 0. The van der Waals surface area contributed by atoms with Gasteiger partial charge < -0.3 is 5.32 Å². The minimum Gasteiger partial charge on any atom is -0.313 e. The largest absolute Gasteiger partial charge is 0.313 e. The van der Waals surface area contributed by atoms with Crippen molar-refractivity contribution in [1.29, 1.82) is 0 Å². The zero-order valence-electron chi connectivity index (χ0n) is 13.2. The predicted molar refractivity (Wildman–Crippen MR) is 90.6 cm³/mol. The van der Waals surface area contributed by atoms with Crippen LogP contribution in [0.4, 0.5) is 0 Å². The fourth-order valence-electron chi connectivity index (χ4n) is 3.17. The van der Waals surface area contributed by atoms with Gasteiger partial charge in [-0.3, -0.25) is 0 Å². The van der Waals surface area contributed by atoms with E-state index >= 15 is 0 Å². The normalized spacial score (nSPS) is 20.6. The van der Waals surface area contributed by atoms with Crippen LogP contribution in [0.3, 0.4) is 0 Å². The van der Waals surface area contributed by atoms with E-state index in [9.17, 15) is 0 Å². The average Bonchev–Trinajstić information content (AvgIpc) is 2.87. The van der Waals surface area contributed by atoms with Crippen LogP contribution < -0.4 is 5.32 Å². The Morgan fingerprint density at radius 1 is 1.25 bits per heavy atom. The van der Waals surface area contributed by atoms with Gasteiger partial charge in [-0.25, -0.2) is 0 Å². The van der Waals surface area contributed by atoms with Crippen molar-refractivity contribution in [2.24, 2.45) is 5.92 Å². The van der Waals surface area contributed by atoms with Gasteiger partial charge in [0, 0.05) is 16.2 Å². The number of benzene rings is 1. The standard InChI is InChI=1S/C18H29NS/c1-4-8-14(3)12-16(19-11-5-2)18-13-15-9-6-7-10-17(15)20-18/h6-7,9-10,14,16,18-19H,4-5,8,11-13H2,1-3H3. The van der Waals surface area contributed by atoms with Gasteiger partial charge >= 0.3 is 0 Å². The molecule has 1 N–H and O–H groups in total. The Kier molecular flexibility index (Phi) is 6.44. The van der Waals surface area contributed by atoms with Crippen molar-refractivity contribution >= 4 is 11.8 Å². The van der Waals surface area contributed by atoms with E-state index in [1.54, 1.807) is 5.56 Å². The molecule has 0 bridgehead atoms. The predicted octanol–water partition coefficient (Wildman–Crippen LogP) is 4.90. The molecule has 0 aliphatic carbocycles. The Morgan fingerprint density at radius 3 is 2.75 bits per heavy atom. The van der Waals surface area contributed by atoms with Gasteiger partial charge in [-0.1, -0.05) is 51.8 Å². The maximum atomic E-state index is 3.81. The summed E-state index contributed by atoms with van der Waals surface area (Å²) in [6, 6.07) is 9.59. The first-order valence-electron chi connectivity index (χ1n) is 8.22. The summed E-state index contributed by atoms with van der Waals surface area (Å²) in [5.74, 6) is 0.832. The smallest absolute Gasteiger partial charge is 0.0289 e. The van der Waals surface area contributed by atoms with Crippen molar-refractivity contribution in [3.63, 3.8) is 0 Å². The molecule has 1 nitrogen and oxygen atoms in total. The van der Waals surface area contributed by atoms with E-state index < -0.39 is 0 Å². The molecule has 0 saturated heterocycles. The lowest BCUT2D eigenvalue weighted by Gasteiger charge is -2.27. The van der Waals surface area contributed by atoms with E-state index in [-0.39, 0.29) is 0 Å². The van der Waals surface area contributed by atoms with Crippen LogP contribution in [0.25, 0.3) is 0 Å². The Morgan fingerprint density at radius 2 is 2.05 bits per heavy atom. The molecule has 0 amide bonds. The van der Waals surface area contributed by atoms with E-state index in [0.717, 1.165) is 17.7 Å². The molecule has 3 atom stereocenters. The number of hydrogen-bond acceptors (Lipinski definition) is 2. The summed E-state index contributed by atoms with van der Waals surface area (Å²) < 4.78 is 0. The van der Waals surface area contributed by atoms with Crippen LogP contribution in [0.1, 0.15) is 52.0 Å². The molecule has 2 rings (SSSR count). The molecule has 3 unspecified atom stereocenters. The van der Waals surface area contributed by atoms with Crippen molar-refractivity contribution in [2.45, 2.75) is 69.1 Å². The highest BCUT2D eigenvalue weighted by molar-refractivity contribution is 8.00. The van der Waals surface area contributed by atoms with Gasteiger partial charge in [0.1, 0.15) is 0 Å². The Bertz CT molecular complexity index is 379. The average molecular weight is 292 g/mol. The van der Waals surface area contributed by atoms with Crippen molar-refractivity contribution < 1.29 is 0 Å². The zero-order valence-corrected chi connectivity index (χ0v) is 14.0. The summed E-state index contributed by atoms with van der Waals surface area (Å²) in [4.78, 5) is 1.50. The van der Waals surface area contributed by atoms with Crippen molar-refractivity contribution in [3.8, 4) is 0 Å². The molecule has 1 aromatic carbocycles. The van der Waals surface area contributed by atoms with Crippen LogP contribution in [0.5, 0.6) is 0 Å². The summed E-state index contributed by atoms with van der Waals surface area (Å²) in [6.07, 6.45) is 6.44. The molecule has 1 aliphatic heterocycles. The Labute approximate surface area is 128 Å². The summed E-state index contributed by atoms with van der Waals surface area (Å²) in [5, 5.41) is 4.54. The number of nitrogens with one attached hydrogen (secondary N) is 1. The first-order valence-corrected chi connectivity index (χ1v) is 9.10. The number of rotatable bonds is 8. The molecule has 0 radical (unpaired) electrons. The number of thioether (sulfide) groups is 1. The second-order valence-corrected chi connectivity index (χ2v) is 7.44. The van der Waals surface area contributed by atoms with Gasteiger partial charge in [0.2, 0.25) is 0 Å². The van der Waals surface area contributed by atoms with Gasteiger partial charge in [0.25, 0.3) is 0 Å². The van der Waals surface area contributed by atoms with Crippen LogP contribution in [0.15, 0.2) is 29.2 Å². The highest BCUT2D eigenvalue weighted by atomic mass is 32.2. The third-order valence-corrected chi connectivity index (χ3v) is 5.67. The molecule has 20 heavy (non-hydrogen) atoms. The van der Waals surface area contributed by atoms with Crippen LogP contribution in [-0.2, 0) is 6.42 Å². The highest BCUT2D eigenvalue weighted by Crippen LogP contribution is 2.39. The minimum absolute atomic E-state index is 0.661. The molecular weight excluding hydrogens is 262 g/mol. The van der Waals surface area contributed by atoms with Crippen LogP contribution in [0.2, 0.25) is 0 Å². The van der Waals surface area contributed by atoms with Crippen LogP contribution in [-0.4, -0.2) is 17.8 Å². The lowest BCUT2D eigenvalue weighted by Crippen LogP contribution is -2.39. The fraction of sp³-hybridized carbons (Fsp3) is 0.667. The monoisotopic (exact) mass is 291 g/mol. The van der Waals surface area contributed by atoms with E-state index in [1.807, 2.05) is 0 Å². The molecule has 1 heterocycles.